The third-order valence-electron chi connectivity index (χ3n) is 2.22. The second-order valence-corrected chi connectivity index (χ2v) is 5.22. The molecule has 1 amide bonds. The number of hydrogen-bond acceptors (Lipinski definition) is 4. The van der Waals surface area contributed by atoms with Crippen LogP contribution >= 0.6 is 0 Å². The minimum atomic E-state index is -1.38. The highest BCUT2D eigenvalue weighted by Crippen LogP contribution is 2.13. The summed E-state index contributed by atoms with van der Waals surface area (Å²) >= 11 is 0. The SMILES string of the molecule is C#CC[C@@H](C[C@@H](NC(=O)OC(C)(C)C)C(=O)O)C(=O)O. The fourth-order valence-corrected chi connectivity index (χ4v) is 1.37. The summed E-state index contributed by atoms with van der Waals surface area (Å²) in [7, 11) is 0. The maximum atomic E-state index is 11.5. The minimum absolute atomic E-state index is 0.116. The second kappa shape index (κ2) is 7.38. The predicted octanol–water partition coefficient (Wildman–Crippen LogP) is 1.08. The fourth-order valence-electron chi connectivity index (χ4n) is 1.37. The monoisotopic (exact) mass is 285 g/mol. The molecule has 0 unspecified atom stereocenters. The van der Waals surface area contributed by atoms with Gasteiger partial charge < -0.3 is 20.3 Å². The van der Waals surface area contributed by atoms with E-state index in [2.05, 4.69) is 11.2 Å². The Labute approximate surface area is 117 Å². The first-order valence-corrected chi connectivity index (χ1v) is 5.95. The largest absolute Gasteiger partial charge is 0.481 e. The van der Waals surface area contributed by atoms with Crippen LogP contribution in [0, 0.1) is 18.3 Å². The van der Waals surface area contributed by atoms with Gasteiger partial charge in [0.15, 0.2) is 0 Å². The first-order valence-electron chi connectivity index (χ1n) is 5.95. The van der Waals surface area contributed by atoms with Crippen LogP contribution in [0.5, 0.6) is 0 Å². The number of nitrogens with one attached hydrogen (secondary N) is 1. The fraction of sp³-hybridized carbons (Fsp3) is 0.615. The summed E-state index contributed by atoms with van der Waals surface area (Å²) < 4.78 is 4.92. The van der Waals surface area contributed by atoms with Crippen molar-refractivity contribution in [1.29, 1.82) is 0 Å². The maximum absolute atomic E-state index is 11.5. The van der Waals surface area contributed by atoms with Crippen molar-refractivity contribution in [2.45, 2.75) is 45.3 Å². The standard InChI is InChI=1S/C13H19NO6/c1-5-6-8(10(15)16)7-9(11(17)18)14-12(19)20-13(2,3)4/h1,8-9H,6-7H2,2-4H3,(H,14,19)(H,15,16)(H,17,18)/t8-,9+/m0/s1. The van der Waals surface area contributed by atoms with Crippen LogP contribution in [0.4, 0.5) is 4.79 Å². The summed E-state index contributed by atoms with van der Waals surface area (Å²) in [4.78, 5) is 33.5. The van der Waals surface area contributed by atoms with E-state index < -0.39 is 35.6 Å². The molecule has 112 valence electrons. The van der Waals surface area contributed by atoms with Crippen molar-refractivity contribution in [3.05, 3.63) is 0 Å². The van der Waals surface area contributed by atoms with Gasteiger partial charge in [-0.15, -0.1) is 12.3 Å². The number of aliphatic carboxylic acids is 2. The lowest BCUT2D eigenvalue weighted by atomic mass is 9.97. The summed E-state index contributed by atoms with van der Waals surface area (Å²) in [5.41, 5.74) is -0.780. The highest BCUT2D eigenvalue weighted by Gasteiger charge is 2.29. The molecule has 0 aromatic heterocycles. The molecule has 7 nitrogen and oxygen atoms in total. The van der Waals surface area contributed by atoms with E-state index in [1.807, 2.05) is 0 Å². The van der Waals surface area contributed by atoms with E-state index in [0.717, 1.165) is 0 Å². The quantitative estimate of drug-likeness (QED) is 0.629. The molecule has 20 heavy (non-hydrogen) atoms. The van der Waals surface area contributed by atoms with E-state index in [9.17, 15) is 14.4 Å². The molecule has 0 spiro atoms. The van der Waals surface area contributed by atoms with E-state index in [4.69, 9.17) is 21.4 Å². The predicted molar refractivity (Wildman–Crippen MR) is 70.0 cm³/mol. The molecule has 7 heteroatoms. The molecule has 2 atom stereocenters. The van der Waals surface area contributed by atoms with Crippen molar-refractivity contribution in [1.82, 2.24) is 5.32 Å². The zero-order valence-corrected chi connectivity index (χ0v) is 11.7. The average molecular weight is 285 g/mol. The zero-order chi connectivity index (χ0) is 15.9. The van der Waals surface area contributed by atoms with E-state index >= 15 is 0 Å². The summed E-state index contributed by atoms with van der Waals surface area (Å²) in [6, 6.07) is -1.38. The van der Waals surface area contributed by atoms with Gasteiger partial charge in [-0.1, -0.05) is 0 Å². The Bertz CT molecular complexity index is 418. The van der Waals surface area contributed by atoms with Gasteiger partial charge in [0.1, 0.15) is 11.6 Å². The first kappa shape index (κ1) is 17.8. The van der Waals surface area contributed by atoms with Crippen molar-refractivity contribution in [3.8, 4) is 12.3 Å². The van der Waals surface area contributed by atoms with Crippen LogP contribution in [0.1, 0.15) is 33.6 Å². The van der Waals surface area contributed by atoms with Crippen molar-refractivity contribution in [2.75, 3.05) is 0 Å². The van der Waals surface area contributed by atoms with Crippen LogP contribution in [0.2, 0.25) is 0 Å². The number of alkyl carbamates (subject to hydrolysis) is 1. The molecular formula is C13H19NO6. The van der Waals surface area contributed by atoms with Gasteiger partial charge in [0, 0.05) is 6.42 Å². The van der Waals surface area contributed by atoms with E-state index in [1.54, 1.807) is 20.8 Å². The van der Waals surface area contributed by atoms with Crippen LogP contribution in [0.3, 0.4) is 0 Å². The number of rotatable bonds is 6. The first-order chi connectivity index (χ1) is 9.06. The van der Waals surface area contributed by atoms with Crippen LogP contribution in [-0.4, -0.2) is 39.9 Å². The van der Waals surface area contributed by atoms with Crippen molar-refractivity contribution in [3.63, 3.8) is 0 Å². The van der Waals surface area contributed by atoms with Crippen molar-refractivity contribution >= 4 is 18.0 Å². The molecule has 0 saturated carbocycles. The summed E-state index contributed by atoms with van der Waals surface area (Å²) in [6.07, 6.45) is 3.68. The lowest BCUT2D eigenvalue weighted by Gasteiger charge is -2.23. The smallest absolute Gasteiger partial charge is 0.408 e. The Morgan fingerprint density at radius 3 is 2.15 bits per heavy atom. The third kappa shape index (κ3) is 7.26. The van der Waals surface area contributed by atoms with Gasteiger partial charge in [-0.2, -0.15) is 0 Å². The Balaban J connectivity index is 4.74. The molecule has 3 N–H and O–H groups in total. The number of ether oxygens (including phenoxy) is 1. The lowest BCUT2D eigenvalue weighted by Crippen LogP contribution is -2.45. The summed E-state index contributed by atoms with van der Waals surface area (Å²) in [5.74, 6) is -1.43. The normalized spacial score (nSPS) is 13.7. The highest BCUT2D eigenvalue weighted by atomic mass is 16.6. The number of terminal acetylenes is 1. The van der Waals surface area contributed by atoms with Crippen LogP contribution < -0.4 is 5.32 Å². The third-order valence-corrected chi connectivity index (χ3v) is 2.22. The van der Waals surface area contributed by atoms with Gasteiger partial charge in [-0.3, -0.25) is 4.79 Å². The Morgan fingerprint density at radius 2 is 1.80 bits per heavy atom. The van der Waals surface area contributed by atoms with Crippen LogP contribution in [0.25, 0.3) is 0 Å². The van der Waals surface area contributed by atoms with Gasteiger partial charge in [-0.05, 0) is 27.2 Å². The number of carboxylic acids is 2. The lowest BCUT2D eigenvalue weighted by molar-refractivity contribution is -0.144. The van der Waals surface area contributed by atoms with Gasteiger partial charge >= 0.3 is 18.0 Å². The molecule has 0 rings (SSSR count). The van der Waals surface area contributed by atoms with Crippen LogP contribution in [0.15, 0.2) is 0 Å². The molecule has 0 aliphatic carbocycles. The number of carboxylic acid groups (broad SMARTS) is 2. The Kier molecular flexibility index (Phi) is 6.56. The van der Waals surface area contributed by atoms with E-state index in [1.165, 1.54) is 0 Å². The molecule has 0 aromatic rings. The average Bonchev–Trinajstić information content (AvgIpc) is 2.24. The molecule has 0 fully saturated rings. The van der Waals surface area contributed by atoms with E-state index in [-0.39, 0.29) is 12.8 Å². The number of carbonyl (C=O) groups excluding carboxylic acids is 1. The van der Waals surface area contributed by atoms with Gasteiger partial charge in [-0.25, -0.2) is 9.59 Å². The molecule has 0 aliphatic heterocycles. The van der Waals surface area contributed by atoms with Gasteiger partial charge in [0.05, 0.1) is 5.92 Å². The second-order valence-electron chi connectivity index (χ2n) is 5.22. The topological polar surface area (TPSA) is 113 Å². The molecule has 0 aliphatic rings. The molecule has 0 aromatic carbocycles. The van der Waals surface area contributed by atoms with Crippen LogP contribution in [-0.2, 0) is 14.3 Å². The maximum Gasteiger partial charge on any atom is 0.408 e. The highest BCUT2D eigenvalue weighted by molar-refractivity contribution is 5.81. The Morgan fingerprint density at radius 1 is 1.25 bits per heavy atom. The van der Waals surface area contributed by atoms with Crippen molar-refractivity contribution < 1.29 is 29.3 Å². The zero-order valence-electron chi connectivity index (χ0n) is 11.7. The molecule has 0 bridgehead atoms. The number of amides is 1. The molecule has 0 radical (unpaired) electrons. The minimum Gasteiger partial charge on any atom is -0.481 e. The van der Waals surface area contributed by atoms with E-state index in [0.29, 0.717) is 0 Å². The summed E-state index contributed by atoms with van der Waals surface area (Å²) in [5, 5.41) is 20.1. The van der Waals surface area contributed by atoms with Crippen molar-refractivity contribution in [2.24, 2.45) is 5.92 Å². The summed E-state index contributed by atoms with van der Waals surface area (Å²) in [6.45, 7) is 4.88. The Hall–Kier alpha value is -2.23. The molecule has 0 heterocycles. The number of hydrogen-bond donors (Lipinski definition) is 3. The van der Waals surface area contributed by atoms with Gasteiger partial charge in [0.2, 0.25) is 0 Å². The number of carbonyl (C=O) groups is 3. The van der Waals surface area contributed by atoms with Gasteiger partial charge in [0.25, 0.3) is 0 Å². The molecule has 0 saturated heterocycles. The molecular weight excluding hydrogens is 266 g/mol.